The molecule has 1 aromatic carbocycles. The average molecular weight is 286 g/mol. The standard InChI is InChI=1S/C15H11FN2O3/c16-13-6-2-5-12(18-13)15(21)17-11-4-1-3-10(9-11)7-8-14(19)20/h1-9H,(H,17,21)(H,19,20)/b8-7+. The zero-order valence-corrected chi connectivity index (χ0v) is 10.8. The Morgan fingerprint density at radius 2 is 1.95 bits per heavy atom. The van der Waals surface area contributed by atoms with Gasteiger partial charge in [0.05, 0.1) is 0 Å². The number of aromatic nitrogens is 1. The molecule has 1 aromatic heterocycles. The van der Waals surface area contributed by atoms with Crippen LogP contribution in [0.5, 0.6) is 0 Å². The summed E-state index contributed by atoms with van der Waals surface area (Å²) in [5, 5.41) is 11.1. The Bertz CT molecular complexity index is 714. The molecule has 21 heavy (non-hydrogen) atoms. The van der Waals surface area contributed by atoms with Crippen molar-refractivity contribution in [2.45, 2.75) is 0 Å². The van der Waals surface area contributed by atoms with Crippen LogP contribution in [0.15, 0.2) is 48.5 Å². The molecule has 0 saturated heterocycles. The smallest absolute Gasteiger partial charge is 0.328 e. The Labute approximate surface area is 119 Å². The first-order valence-corrected chi connectivity index (χ1v) is 5.99. The lowest BCUT2D eigenvalue weighted by Crippen LogP contribution is -2.14. The highest BCUT2D eigenvalue weighted by molar-refractivity contribution is 6.03. The molecule has 0 saturated carbocycles. The molecule has 0 aliphatic carbocycles. The summed E-state index contributed by atoms with van der Waals surface area (Å²) in [5.41, 5.74) is 1.03. The van der Waals surface area contributed by atoms with Crippen molar-refractivity contribution in [3.8, 4) is 0 Å². The molecule has 0 bridgehead atoms. The summed E-state index contributed by atoms with van der Waals surface area (Å²) in [6, 6.07) is 10.5. The van der Waals surface area contributed by atoms with Gasteiger partial charge in [-0.1, -0.05) is 18.2 Å². The number of carbonyl (C=O) groups excluding carboxylic acids is 1. The first kappa shape index (κ1) is 14.4. The summed E-state index contributed by atoms with van der Waals surface area (Å²) < 4.78 is 13.0. The molecule has 106 valence electrons. The Hall–Kier alpha value is -3.02. The number of hydrogen-bond acceptors (Lipinski definition) is 3. The van der Waals surface area contributed by atoms with E-state index >= 15 is 0 Å². The van der Waals surface area contributed by atoms with Crippen molar-refractivity contribution in [1.82, 2.24) is 4.98 Å². The molecule has 1 heterocycles. The third kappa shape index (κ3) is 4.24. The number of hydrogen-bond donors (Lipinski definition) is 2. The Kier molecular flexibility index (Phi) is 4.40. The van der Waals surface area contributed by atoms with Crippen molar-refractivity contribution in [2.75, 3.05) is 5.32 Å². The second-order valence-corrected chi connectivity index (χ2v) is 4.10. The van der Waals surface area contributed by atoms with Gasteiger partial charge >= 0.3 is 5.97 Å². The highest BCUT2D eigenvalue weighted by Crippen LogP contribution is 2.13. The van der Waals surface area contributed by atoms with Gasteiger partial charge in [0, 0.05) is 11.8 Å². The predicted molar refractivity (Wildman–Crippen MR) is 75.3 cm³/mol. The van der Waals surface area contributed by atoms with Crippen molar-refractivity contribution < 1.29 is 19.1 Å². The topological polar surface area (TPSA) is 79.3 Å². The largest absolute Gasteiger partial charge is 0.478 e. The molecule has 0 atom stereocenters. The lowest BCUT2D eigenvalue weighted by Gasteiger charge is -2.05. The Morgan fingerprint density at radius 1 is 1.19 bits per heavy atom. The minimum Gasteiger partial charge on any atom is -0.478 e. The number of pyridine rings is 1. The van der Waals surface area contributed by atoms with E-state index in [0.29, 0.717) is 11.3 Å². The molecule has 2 rings (SSSR count). The number of rotatable bonds is 4. The number of nitrogens with one attached hydrogen (secondary N) is 1. The number of halogens is 1. The second kappa shape index (κ2) is 6.42. The van der Waals surface area contributed by atoms with Crippen molar-refractivity contribution >= 4 is 23.6 Å². The number of aliphatic carboxylic acids is 1. The third-order valence-electron chi connectivity index (χ3n) is 2.51. The van der Waals surface area contributed by atoms with Gasteiger partial charge in [-0.3, -0.25) is 4.79 Å². The van der Waals surface area contributed by atoms with Gasteiger partial charge in [-0.15, -0.1) is 0 Å². The quantitative estimate of drug-likeness (QED) is 0.668. The maximum absolute atomic E-state index is 13.0. The molecule has 0 spiro atoms. The number of carboxylic acids is 1. The first-order valence-electron chi connectivity index (χ1n) is 5.99. The maximum Gasteiger partial charge on any atom is 0.328 e. The first-order chi connectivity index (χ1) is 10.0. The van der Waals surface area contributed by atoms with Gasteiger partial charge in [-0.25, -0.2) is 9.78 Å². The molecule has 0 unspecified atom stereocenters. The van der Waals surface area contributed by atoms with E-state index in [1.807, 2.05) is 0 Å². The summed E-state index contributed by atoms with van der Waals surface area (Å²) >= 11 is 0. The third-order valence-corrected chi connectivity index (χ3v) is 2.51. The van der Waals surface area contributed by atoms with Gasteiger partial charge in [-0.05, 0) is 35.9 Å². The Balaban J connectivity index is 2.14. The van der Waals surface area contributed by atoms with Gasteiger partial charge < -0.3 is 10.4 Å². The van der Waals surface area contributed by atoms with Crippen LogP contribution in [0.2, 0.25) is 0 Å². The molecule has 5 nitrogen and oxygen atoms in total. The van der Waals surface area contributed by atoms with Gasteiger partial charge in [0.1, 0.15) is 5.69 Å². The van der Waals surface area contributed by atoms with Crippen LogP contribution in [0.3, 0.4) is 0 Å². The molecule has 0 radical (unpaired) electrons. The van der Waals surface area contributed by atoms with E-state index < -0.39 is 17.8 Å². The van der Waals surface area contributed by atoms with Gasteiger partial charge in [-0.2, -0.15) is 4.39 Å². The van der Waals surface area contributed by atoms with E-state index in [2.05, 4.69) is 10.3 Å². The zero-order chi connectivity index (χ0) is 15.2. The monoisotopic (exact) mass is 286 g/mol. The lowest BCUT2D eigenvalue weighted by atomic mass is 10.2. The lowest BCUT2D eigenvalue weighted by molar-refractivity contribution is -0.131. The summed E-state index contributed by atoms with van der Waals surface area (Å²) in [6.07, 6.45) is 2.40. The molecule has 0 aliphatic heterocycles. The molecular formula is C15H11FN2O3. The zero-order valence-electron chi connectivity index (χ0n) is 10.8. The highest BCUT2D eigenvalue weighted by Gasteiger charge is 2.08. The van der Waals surface area contributed by atoms with Gasteiger partial charge in [0.2, 0.25) is 5.95 Å². The molecular weight excluding hydrogens is 275 g/mol. The van der Waals surface area contributed by atoms with Crippen LogP contribution in [0, 0.1) is 5.95 Å². The molecule has 2 aromatic rings. The molecule has 2 N–H and O–H groups in total. The van der Waals surface area contributed by atoms with Crippen molar-refractivity contribution in [3.63, 3.8) is 0 Å². The molecule has 1 amide bonds. The number of nitrogens with zero attached hydrogens (tertiary/aromatic N) is 1. The van der Waals surface area contributed by atoms with Crippen molar-refractivity contribution in [1.29, 1.82) is 0 Å². The van der Waals surface area contributed by atoms with Crippen LogP contribution >= 0.6 is 0 Å². The molecule has 6 heteroatoms. The number of anilines is 1. The fourth-order valence-electron chi connectivity index (χ4n) is 1.62. The van der Waals surface area contributed by atoms with Crippen LogP contribution in [0.25, 0.3) is 6.08 Å². The van der Waals surface area contributed by atoms with Crippen LogP contribution in [0.1, 0.15) is 16.1 Å². The maximum atomic E-state index is 13.0. The summed E-state index contributed by atoms with van der Waals surface area (Å²) in [6.45, 7) is 0. The van der Waals surface area contributed by atoms with Crippen LogP contribution in [-0.4, -0.2) is 22.0 Å². The van der Waals surface area contributed by atoms with E-state index in [1.165, 1.54) is 18.2 Å². The van der Waals surface area contributed by atoms with Gasteiger partial charge in [0.15, 0.2) is 0 Å². The predicted octanol–water partition coefficient (Wildman–Crippen LogP) is 2.57. The van der Waals surface area contributed by atoms with Crippen molar-refractivity contribution in [3.05, 3.63) is 65.7 Å². The van der Waals surface area contributed by atoms with Crippen molar-refractivity contribution in [2.24, 2.45) is 0 Å². The van der Waals surface area contributed by atoms with Gasteiger partial charge in [0.25, 0.3) is 5.91 Å². The fraction of sp³-hybridized carbons (Fsp3) is 0. The number of amides is 1. The Morgan fingerprint density at radius 3 is 2.67 bits per heavy atom. The normalized spacial score (nSPS) is 10.5. The molecule has 0 aliphatic rings. The van der Waals surface area contributed by atoms with E-state index in [0.717, 1.165) is 12.1 Å². The van der Waals surface area contributed by atoms with E-state index in [1.54, 1.807) is 24.3 Å². The summed E-state index contributed by atoms with van der Waals surface area (Å²) in [7, 11) is 0. The van der Waals surface area contributed by atoms with Crippen LogP contribution in [0.4, 0.5) is 10.1 Å². The SMILES string of the molecule is O=C(O)/C=C/c1cccc(NC(=O)c2cccc(F)n2)c1. The van der Waals surface area contributed by atoms with Crippen LogP contribution < -0.4 is 5.32 Å². The minimum atomic E-state index is -1.06. The number of carboxylic acid groups (broad SMARTS) is 1. The molecule has 0 fully saturated rings. The highest BCUT2D eigenvalue weighted by atomic mass is 19.1. The minimum absolute atomic E-state index is 0.0403. The fourth-order valence-corrected chi connectivity index (χ4v) is 1.62. The number of benzene rings is 1. The van der Waals surface area contributed by atoms with Crippen LogP contribution in [-0.2, 0) is 4.79 Å². The van der Waals surface area contributed by atoms with E-state index in [-0.39, 0.29) is 5.69 Å². The number of carbonyl (C=O) groups is 2. The summed E-state index contributed by atoms with van der Waals surface area (Å²) in [4.78, 5) is 25.8. The second-order valence-electron chi connectivity index (χ2n) is 4.10. The van der Waals surface area contributed by atoms with E-state index in [4.69, 9.17) is 5.11 Å². The van der Waals surface area contributed by atoms with E-state index in [9.17, 15) is 14.0 Å². The average Bonchev–Trinajstić information content (AvgIpc) is 2.45. The summed E-state index contributed by atoms with van der Waals surface area (Å²) in [5.74, 6) is -2.34.